The molecule has 2 heterocycles. The molecule has 1 saturated heterocycles. The van der Waals surface area contributed by atoms with Crippen molar-refractivity contribution in [1.29, 1.82) is 0 Å². The Bertz CT molecular complexity index is 1030. The van der Waals surface area contributed by atoms with Crippen molar-refractivity contribution in [2.24, 2.45) is 5.92 Å². The van der Waals surface area contributed by atoms with Gasteiger partial charge >= 0.3 is 6.61 Å². The molecule has 6 nitrogen and oxygen atoms in total. The van der Waals surface area contributed by atoms with Crippen molar-refractivity contribution in [3.8, 4) is 5.75 Å². The van der Waals surface area contributed by atoms with Crippen LogP contribution in [0.15, 0.2) is 67.0 Å². The number of nitrogens with zero attached hydrogens (tertiary/aromatic N) is 3. The number of halogens is 2. The minimum absolute atomic E-state index is 0.104. The molecule has 1 amide bonds. The van der Waals surface area contributed by atoms with Gasteiger partial charge in [0.15, 0.2) is 0 Å². The van der Waals surface area contributed by atoms with Gasteiger partial charge in [0.2, 0.25) is 11.9 Å². The summed E-state index contributed by atoms with van der Waals surface area (Å²) in [5.41, 5.74) is 2.09. The fraction of sp³-hybridized carbons (Fsp3) is 0.292. The number of benzene rings is 2. The van der Waals surface area contributed by atoms with Gasteiger partial charge in [0, 0.05) is 43.2 Å². The number of hydrogen-bond donors (Lipinski definition) is 1. The number of rotatable bonds is 7. The predicted molar refractivity (Wildman–Crippen MR) is 118 cm³/mol. The van der Waals surface area contributed by atoms with Crippen LogP contribution in [-0.2, 0) is 11.2 Å². The molecule has 0 radical (unpaired) electrons. The molecule has 4 rings (SSSR count). The molecule has 0 saturated carbocycles. The normalized spacial score (nSPS) is 16.1. The van der Waals surface area contributed by atoms with Crippen LogP contribution in [-0.4, -0.2) is 35.6 Å². The molecule has 1 unspecified atom stereocenters. The minimum Gasteiger partial charge on any atom is -0.435 e. The first kappa shape index (κ1) is 21.7. The molecule has 8 heteroatoms. The highest BCUT2D eigenvalue weighted by Gasteiger charge is 2.27. The molecule has 1 aromatic heterocycles. The van der Waals surface area contributed by atoms with E-state index in [9.17, 15) is 13.6 Å². The lowest BCUT2D eigenvalue weighted by Gasteiger charge is -2.31. The van der Waals surface area contributed by atoms with Crippen LogP contribution in [0, 0.1) is 5.92 Å². The van der Waals surface area contributed by atoms with E-state index in [4.69, 9.17) is 4.74 Å². The molecule has 1 aliphatic rings. The molecule has 0 aliphatic carbocycles. The maximum Gasteiger partial charge on any atom is 0.387 e. The summed E-state index contributed by atoms with van der Waals surface area (Å²) in [6.45, 7) is -1.59. The number of nitrogens with one attached hydrogen (secondary N) is 1. The van der Waals surface area contributed by atoms with Gasteiger partial charge in [-0.2, -0.15) is 8.78 Å². The number of piperidine rings is 1. The van der Waals surface area contributed by atoms with Crippen LogP contribution in [0.3, 0.4) is 0 Å². The van der Waals surface area contributed by atoms with Crippen molar-refractivity contribution in [2.75, 3.05) is 23.3 Å². The molecule has 32 heavy (non-hydrogen) atoms. The zero-order chi connectivity index (χ0) is 22.3. The number of ether oxygens (including phenoxy) is 1. The van der Waals surface area contributed by atoms with Crippen molar-refractivity contribution in [3.05, 3.63) is 78.1 Å². The third kappa shape index (κ3) is 5.57. The van der Waals surface area contributed by atoms with E-state index < -0.39 is 6.61 Å². The number of alkyl halides is 2. The SMILES string of the molecule is O=C(Nc1ccc(OC(F)F)c(Cc2ccccc2)c1)C1CCCN(c2ncccn2)C1. The highest BCUT2D eigenvalue weighted by Crippen LogP contribution is 2.28. The maximum absolute atomic E-state index is 12.9. The topological polar surface area (TPSA) is 67.3 Å². The lowest BCUT2D eigenvalue weighted by Crippen LogP contribution is -2.41. The van der Waals surface area contributed by atoms with E-state index in [1.807, 2.05) is 35.2 Å². The summed E-state index contributed by atoms with van der Waals surface area (Å²) in [6.07, 6.45) is 5.40. The summed E-state index contributed by atoms with van der Waals surface area (Å²) in [5.74, 6) is 0.386. The second-order valence-electron chi connectivity index (χ2n) is 7.69. The van der Waals surface area contributed by atoms with Gasteiger partial charge in [-0.15, -0.1) is 0 Å². The molecule has 166 valence electrons. The Kier molecular flexibility index (Phi) is 6.89. The van der Waals surface area contributed by atoms with Gasteiger partial charge in [-0.3, -0.25) is 4.79 Å². The summed E-state index contributed by atoms with van der Waals surface area (Å²) in [7, 11) is 0. The van der Waals surface area contributed by atoms with Gasteiger partial charge in [0.05, 0.1) is 5.92 Å². The Morgan fingerprint density at radius 1 is 1.12 bits per heavy atom. The Labute approximate surface area is 185 Å². The van der Waals surface area contributed by atoms with Crippen LogP contribution in [0.25, 0.3) is 0 Å². The summed E-state index contributed by atoms with van der Waals surface area (Å²) in [5, 5.41) is 2.94. The first-order chi connectivity index (χ1) is 15.6. The molecule has 1 atom stereocenters. The van der Waals surface area contributed by atoms with Gasteiger partial charge in [0.25, 0.3) is 0 Å². The molecule has 1 N–H and O–H groups in total. The highest BCUT2D eigenvalue weighted by atomic mass is 19.3. The average Bonchev–Trinajstić information content (AvgIpc) is 2.82. The average molecular weight is 438 g/mol. The zero-order valence-corrected chi connectivity index (χ0v) is 17.5. The Hall–Kier alpha value is -3.55. The number of carbonyl (C=O) groups excluding carboxylic acids is 1. The number of carbonyl (C=O) groups is 1. The fourth-order valence-corrected chi connectivity index (χ4v) is 3.89. The van der Waals surface area contributed by atoms with Crippen molar-refractivity contribution < 1.29 is 18.3 Å². The maximum atomic E-state index is 12.9. The van der Waals surface area contributed by atoms with Crippen molar-refractivity contribution in [3.63, 3.8) is 0 Å². The summed E-state index contributed by atoms with van der Waals surface area (Å²) < 4.78 is 30.4. The zero-order valence-electron chi connectivity index (χ0n) is 17.5. The van der Waals surface area contributed by atoms with E-state index in [0.29, 0.717) is 30.2 Å². The predicted octanol–water partition coefficient (Wildman–Crippen LogP) is 4.52. The van der Waals surface area contributed by atoms with E-state index in [2.05, 4.69) is 15.3 Å². The van der Waals surface area contributed by atoms with Gasteiger partial charge in [-0.25, -0.2) is 9.97 Å². The molecule has 1 aliphatic heterocycles. The molecule has 2 aromatic carbocycles. The number of aromatic nitrogens is 2. The summed E-state index contributed by atoms with van der Waals surface area (Å²) >= 11 is 0. The van der Waals surface area contributed by atoms with Gasteiger partial charge in [0.1, 0.15) is 5.75 Å². The summed E-state index contributed by atoms with van der Waals surface area (Å²) in [6, 6.07) is 16.0. The number of anilines is 2. The smallest absolute Gasteiger partial charge is 0.387 e. The molecule has 0 bridgehead atoms. The fourth-order valence-electron chi connectivity index (χ4n) is 3.89. The third-order valence-corrected chi connectivity index (χ3v) is 5.41. The van der Waals surface area contributed by atoms with Gasteiger partial charge < -0.3 is 15.0 Å². The highest BCUT2D eigenvalue weighted by molar-refractivity contribution is 5.93. The molecular formula is C24H24F2N4O2. The van der Waals surface area contributed by atoms with Crippen LogP contribution < -0.4 is 15.0 Å². The molecule has 1 fully saturated rings. The Balaban J connectivity index is 1.48. The molecule has 3 aromatic rings. The van der Waals surface area contributed by atoms with Crippen LogP contribution >= 0.6 is 0 Å². The largest absolute Gasteiger partial charge is 0.435 e. The second-order valence-corrected chi connectivity index (χ2v) is 7.69. The van der Waals surface area contributed by atoms with Gasteiger partial charge in [-0.05, 0) is 42.7 Å². The van der Waals surface area contributed by atoms with E-state index in [0.717, 1.165) is 24.9 Å². The van der Waals surface area contributed by atoms with E-state index in [-0.39, 0.29) is 17.6 Å². The van der Waals surface area contributed by atoms with Gasteiger partial charge in [-0.1, -0.05) is 30.3 Å². The minimum atomic E-state index is -2.92. The lowest BCUT2D eigenvalue weighted by molar-refractivity contribution is -0.120. The van der Waals surface area contributed by atoms with Crippen LogP contribution in [0.1, 0.15) is 24.0 Å². The second kappa shape index (κ2) is 10.2. The Morgan fingerprint density at radius 2 is 1.91 bits per heavy atom. The third-order valence-electron chi connectivity index (χ3n) is 5.41. The quantitative estimate of drug-likeness (QED) is 0.587. The monoisotopic (exact) mass is 438 g/mol. The van der Waals surface area contributed by atoms with E-state index in [1.54, 1.807) is 30.6 Å². The number of amides is 1. The summed E-state index contributed by atoms with van der Waals surface area (Å²) in [4.78, 5) is 23.5. The van der Waals surface area contributed by atoms with Crippen LogP contribution in [0.4, 0.5) is 20.4 Å². The lowest BCUT2D eigenvalue weighted by atomic mass is 9.97. The first-order valence-electron chi connectivity index (χ1n) is 10.5. The van der Waals surface area contributed by atoms with Crippen molar-refractivity contribution in [1.82, 2.24) is 9.97 Å². The first-order valence-corrected chi connectivity index (χ1v) is 10.5. The van der Waals surface area contributed by atoms with Crippen LogP contribution in [0.5, 0.6) is 5.75 Å². The van der Waals surface area contributed by atoms with E-state index in [1.165, 1.54) is 6.07 Å². The van der Waals surface area contributed by atoms with Crippen molar-refractivity contribution in [2.45, 2.75) is 25.9 Å². The molecular weight excluding hydrogens is 414 g/mol. The van der Waals surface area contributed by atoms with Crippen LogP contribution in [0.2, 0.25) is 0 Å². The Morgan fingerprint density at radius 3 is 2.66 bits per heavy atom. The molecule has 0 spiro atoms. The standard InChI is InChI=1S/C24H24F2N4O2/c25-23(26)32-21-10-9-20(15-19(21)14-17-6-2-1-3-7-17)29-22(31)18-8-4-13-30(16-18)24-27-11-5-12-28-24/h1-3,5-7,9-12,15,18,23H,4,8,13-14,16H2,(H,29,31). The number of hydrogen-bond acceptors (Lipinski definition) is 5. The van der Waals surface area contributed by atoms with Crippen molar-refractivity contribution >= 4 is 17.5 Å². The van der Waals surface area contributed by atoms with E-state index >= 15 is 0 Å².